The largest absolute Gasteiger partial charge is 0.497 e. The molecule has 1 fully saturated rings. The molecule has 1 saturated heterocycles. The molecule has 0 spiro atoms. The standard InChI is InChI=1S/C20H21BrN2O3/c1-12-13(2)18(9-8-17(12)21)22-20(25)14-10-19(24)23(11-14)15-4-6-16(26-3)7-5-15/h4-9,14H,10-11H2,1-3H3,(H,22,25)/t14-/m1/s1. The molecule has 1 atom stereocenters. The summed E-state index contributed by atoms with van der Waals surface area (Å²) in [5.74, 6) is 0.196. The van der Waals surface area contributed by atoms with Gasteiger partial charge in [0.1, 0.15) is 5.75 Å². The highest BCUT2D eigenvalue weighted by Gasteiger charge is 2.35. The predicted octanol–water partition coefficient (Wildman–Crippen LogP) is 4.07. The van der Waals surface area contributed by atoms with Gasteiger partial charge >= 0.3 is 0 Å². The number of carbonyl (C=O) groups excluding carboxylic acids is 2. The zero-order valence-electron chi connectivity index (χ0n) is 15.0. The molecule has 2 aromatic carbocycles. The molecular weight excluding hydrogens is 396 g/mol. The highest BCUT2D eigenvalue weighted by atomic mass is 79.9. The topological polar surface area (TPSA) is 58.6 Å². The average molecular weight is 417 g/mol. The maximum atomic E-state index is 12.7. The molecule has 6 heteroatoms. The van der Waals surface area contributed by atoms with E-state index in [-0.39, 0.29) is 24.2 Å². The van der Waals surface area contributed by atoms with Gasteiger partial charge in [-0.3, -0.25) is 9.59 Å². The molecule has 1 heterocycles. The Kier molecular flexibility index (Phi) is 5.32. The van der Waals surface area contributed by atoms with E-state index in [4.69, 9.17) is 4.74 Å². The summed E-state index contributed by atoms with van der Waals surface area (Å²) >= 11 is 3.49. The molecule has 1 aliphatic heterocycles. The van der Waals surface area contributed by atoms with Crippen LogP contribution in [0.4, 0.5) is 11.4 Å². The fraction of sp³-hybridized carbons (Fsp3) is 0.300. The minimum atomic E-state index is -0.368. The van der Waals surface area contributed by atoms with Crippen LogP contribution in [0.3, 0.4) is 0 Å². The second-order valence-corrected chi connectivity index (χ2v) is 7.29. The average Bonchev–Trinajstić information content (AvgIpc) is 3.04. The number of ether oxygens (including phenoxy) is 1. The van der Waals surface area contributed by atoms with Crippen LogP contribution in [0.15, 0.2) is 40.9 Å². The number of hydrogen-bond acceptors (Lipinski definition) is 3. The van der Waals surface area contributed by atoms with Crippen LogP contribution in [0.1, 0.15) is 17.5 Å². The summed E-state index contributed by atoms with van der Waals surface area (Å²) < 4.78 is 6.15. The zero-order valence-corrected chi connectivity index (χ0v) is 16.6. The van der Waals surface area contributed by atoms with Gasteiger partial charge in [0.05, 0.1) is 13.0 Å². The maximum absolute atomic E-state index is 12.7. The molecule has 1 aliphatic rings. The van der Waals surface area contributed by atoms with Gasteiger partial charge in [-0.15, -0.1) is 0 Å². The summed E-state index contributed by atoms with van der Waals surface area (Å²) in [7, 11) is 1.60. The van der Waals surface area contributed by atoms with Crippen molar-refractivity contribution in [2.24, 2.45) is 5.92 Å². The van der Waals surface area contributed by atoms with Crippen molar-refractivity contribution >= 4 is 39.1 Å². The normalized spacial score (nSPS) is 16.7. The summed E-state index contributed by atoms with van der Waals surface area (Å²) in [6.45, 7) is 4.35. The third-order valence-corrected chi connectivity index (χ3v) is 5.72. The van der Waals surface area contributed by atoms with Gasteiger partial charge in [0.15, 0.2) is 0 Å². The van der Waals surface area contributed by atoms with E-state index in [1.165, 1.54) is 0 Å². The Balaban J connectivity index is 1.71. The molecule has 2 aromatic rings. The van der Waals surface area contributed by atoms with Crippen molar-refractivity contribution < 1.29 is 14.3 Å². The van der Waals surface area contributed by atoms with E-state index in [1.807, 2.05) is 50.2 Å². The lowest BCUT2D eigenvalue weighted by molar-refractivity contribution is -0.122. The Morgan fingerprint density at radius 3 is 2.50 bits per heavy atom. The van der Waals surface area contributed by atoms with Gasteiger partial charge in [-0.05, 0) is 61.4 Å². The minimum Gasteiger partial charge on any atom is -0.497 e. The van der Waals surface area contributed by atoms with Gasteiger partial charge in [0.25, 0.3) is 0 Å². The van der Waals surface area contributed by atoms with Gasteiger partial charge in [0.2, 0.25) is 11.8 Å². The number of benzene rings is 2. The Labute approximate surface area is 161 Å². The number of rotatable bonds is 4. The summed E-state index contributed by atoms with van der Waals surface area (Å²) in [6, 6.07) is 11.1. The molecule has 0 unspecified atom stereocenters. The van der Waals surface area contributed by atoms with Gasteiger partial charge in [-0.1, -0.05) is 15.9 Å². The molecular formula is C20H21BrN2O3. The van der Waals surface area contributed by atoms with Gasteiger partial charge in [0, 0.05) is 28.8 Å². The first kappa shape index (κ1) is 18.5. The number of nitrogens with one attached hydrogen (secondary N) is 1. The molecule has 1 N–H and O–H groups in total. The lowest BCUT2D eigenvalue weighted by Gasteiger charge is -2.17. The Morgan fingerprint density at radius 1 is 1.15 bits per heavy atom. The van der Waals surface area contributed by atoms with Crippen molar-refractivity contribution in [2.75, 3.05) is 23.9 Å². The summed E-state index contributed by atoms with van der Waals surface area (Å²) in [4.78, 5) is 26.7. The van der Waals surface area contributed by atoms with Crippen LogP contribution in [0.25, 0.3) is 0 Å². The Morgan fingerprint density at radius 2 is 1.85 bits per heavy atom. The van der Waals surface area contributed by atoms with Gasteiger partial charge in [-0.2, -0.15) is 0 Å². The molecule has 0 aromatic heterocycles. The van der Waals surface area contributed by atoms with E-state index >= 15 is 0 Å². The van der Waals surface area contributed by atoms with E-state index in [9.17, 15) is 9.59 Å². The van der Waals surface area contributed by atoms with E-state index < -0.39 is 0 Å². The molecule has 2 amide bonds. The number of anilines is 2. The number of amides is 2. The molecule has 3 rings (SSSR count). The fourth-order valence-corrected chi connectivity index (χ4v) is 3.48. The number of carbonyl (C=O) groups is 2. The molecule has 136 valence electrons. The summed E-state index contributed by atoms with van der Waals surface area (Å²) in [6.07, 6.45) is 0.215. The van der Waals surface area contributed by atoms with E-state index in [2.05, 4.69) is 21.2 Å². The second kappa shape index (κ2) is 7.50. The minimum absolute atomic E-state index is 0.0426. The number of halogens is 1. The Hall–Kier alpha value is -2.34. The molecule has 5 nitrogen and oxygen atoms in total. The van der Waals surface area contributed by atoms with Crippen molar-refractivity contribution in [3.8, 4) is 5.75 Å². The quantitative estimate of drug-likeness (QED) is 0.816. The fourth-order valence-electron chi connectivity index (χ4n) is 3.05. The molecule has 26 heavy (non-hydrogen) atoms. The first-order chi connectivity index (χ1) is 12.4. The molecule has 0 radical (unpaired) electrons. The highest BCUT2D eigenvalue weighted by molar-refractivity contribution is 9.10. The first-order valence-corrected chi connectivity index (χ1v) is 9.21. The van der Waals surface area contributed by atoms with Crippen LogP contribution < -0.4 is 15.0 Å². The van der Waals surface area contributed by atoms with Gasteiger partial charge < -0.3 is 15.0 Å². The van der Waals surface area contributed by atoms with Crippen LogP contribution in [-0.4, -0.2) is 25.5 Å². The van der Waals surface area contributed by atoms with Crippen LogP contribution in [0.2, 0.25) is 0 Å². The van der Waals surface area contributed by atoms with Crippen LogP contribution in [0, 0.1) is 19.8 Å². The van der Waals surface area contributed by atoms with Crippen molar-refractivity contribution in [3.05, 3.63) is 52.0 Å². The summed E-state index contributed by atoms with van der Waals surface area (Å²) in [5, 5.41) is 2.97. The second-order valence-electron chi connectivity index (χ2n) is 6.44. The van der Waals surface area contributed by atoms with Crippen LogP contribution in [0.5, 0.6) is 5.75 Å². The van der Waals surface area contributed by atoms with Crippen LogP contribution >= 0.6 is 15.9 Å². The molecule has 0 saturated carbocycles. The third kappa shape index (κ3) is 3.60. The van der Waals surface area contributed by atoms with E-state index in [1.54, 1.807) is 12.0 Å². The number of hydrogen-bond donors (Lipinski definition) is 1. The number of nitrogens with zero attached hydrogens (tertiary/aromatic N) is 1. The smallest absolute Gasteiger partial charge is 0.229 e. The Bertz CT molecular complexity index is 849. The molecule has 0 bridgehead atoms. The predicted molar refractivity (Wildman–Crippen MR) is 106 cm³/mol. The third-order valence-electron chi connectivity index (χ3n) is 4.86. The van der Waals surface area contributed by atoms with Gasteiger partial charge in [-0.25, -0.2) is 0 Å². The highest BCUT2D eigenvalue weighted by Crippen LogP contribution is 2.29. The lowest BCUT2D eigenvalue weighted by Crippen LogP contribution is -2.28. The van der Waals surface area contributed by atoms with Crippen LogP contribution in [-0.2, 0) is 9.59 Å². The van der Waals surface area contributed by atoms with Crippen molar-refractivity contribution in [2.45, 2.75) is 20.3 Å². The van der Waals surface area contributed by atoms with E-state index in [0.717, 1.165) is 32.7 Å². The first-order valence-electron chi connectivity index (χ1n) is 8.41. The summed E-state index contributed by atoms with van der Waals surface area (Å²) in [5.41, 5.74) is 3.67. The monoisotopic (exact) mass is 416 g/mol. The van der Waals surface area contributed by atoms with Crippen molar-refractivity contribution in [1.82, 2.24) is 0 Å². The molecule has 0 aliphatic carbocycles. The lowest BCUT2D eigenvalue weighted by atomic mass is 10.1. The zero-order chi connectivity index (χ0) is 18.8. The maximum Gasteiger partial charge on any atom is 0.229 e. The SMILES string of the molecule is COc1ccc(N2C[C@H](C(=O)Nc3ccc(Br)c(C)c3C)CC2=O)cc1. The van der Waals surface area contributed by atoms with Crippen molar-refractivity contribution in [1.29, 1.82) is 0 Å². The number of methoxy groups -OCH3 is 1. The van der Waals surface area contributed by atoms with E-state index in [0.29, 0.717) is 6.54 Å². The van der Waals surface area contributed by atoms with Crippen molar-refractivity contribution in [3.63, 3.8) is 0 Å².